The fraction of sp³-hybridized carbons (Fsp3) is 0.0909. The van der Waals surface area contributed by atoms with Crippen LogP contribution in [0.25, 0.3) is 15.4 Å². The third-order valence-corrected chi connectivity index (χ3v) is 2.82. The number of nitrogens with zero attached hydrogens (tertiary/aromatic N) is 2. The molecule has 1 aromatic carbocycles. The van der Waals surface area contributed by atoms with E-state index in [4.69, 9.17) is 6.57 Å². The molecule has 0 aliphatic heterocycles. The highest BCUT2D eigenvalue weighted by molar-refractivity contribution is 7.13. The van der Waals surface area contributed by atoms with Gasteiger partial charge < -0.3 is 4.85 Å². The number of halogens is 1. The number of benzene rings is 1. The zero-order valence-corrected chi connectivity index (χ0v) is 8.59. The van der Waals surface area contributed by atoms with Crippen LogP contribution in [0.5, 0.6) is 0 Å². The van der Waals surface area contributed by atoms with Crippen LogP contribution in [0.2, 0.25) is 0 Å². The summed E-state index contributed by atoms with van der Waals surface area (Å²) in [7, 11) is 0. The maximum absolute atomic E-state index is 12.7. The van der Waals surface area contributed by atoms with Crippen molar-refractivity contribution in [1.29, 1.82) is 0 Å². The van der Waals surface area contributed by atoms with Crippen LogP contribution >= 0.6 is 11.3 Å². The Morgan fingerprint density at radius 1 is 1.33 bits per heavy atom. The molecule has 0 aliphatic carbocycles. The molecule has 0 unspecified atom stereocenters. The second kappa shape index (κ2) is 4.20. The van der Waals surface area contributed by atoms with Crippen molar-refractivity contribution >= 4 is 11.3 Å². The van der Waals surface area contributed by atoms with Gasteiger partial charge in [0.2, 0.25) is 0 Å². The Kier molecular flexibility index (Phi) is 2.75. The highest BCUT2D eigenvalue weighted by atomic mass is 32.1. The Labute approximate surface area is 90.8 Å². The van der Waals surface area contributed by atoms with Crippen LogP contribution < -0.4 is 0 Å². The van der Waals surface area contributed by atoms with Crippen molar-refractivity contribution in [3.63, 3.8) is 0 Å². The molecule has 0 saturated carbocycles. The summed E-state index contributed by atoms with van der Waals surface area (Å²) >= 11 is 1.47. The molecule has 0 spiro atoms. The molecule has 1 heterocycles. The zero-order valence-electron chi connectivity index (χ0n) is 7.77. The zero-order chi connectivity index (χ0) is 10.7. The van der Waals surface area contributed by atoms with E-state index in [2.05, 4.69) is 9.83 Å². The highest BCUT2D eigenvalue weighted by Crippen LogP contribution is 2.23. The molecule has 2 nitrogen and oxygen atoms in total. The fourth-order valence-corrected chi connectivity index (χ4v) is 2.00. The summed E-state index contributed by atoms with van der Waals surface area (Å²) in [6, 6.07) is 6.20. The van der Waals surface area contributed by atoms with E-state index in [1.807, 2.05) is 5.38 Å². The lowest BCUT2D eigenvalue weighted by Crippen LogP contribution is -1.81. The van der Waals surface area contributed by atoms with E-state index in [0.717, 1.165) is 16.3 Å². The molecule has 0 atom stereocenters. The predicted molar refractivity (Wildman–Crippen MR) is 57.8 cm³/mol. The van der Waals surface area contributed by atoms with E-state index >= 15 is 0 Å². The van der Waals surface area contributed by atoms with E-state index in [1.165, 1.54) is 23.5 Å². The maximum atomic E-state index is 12.7. The molecule has 0 bridgehead atoms. The molecule has 0 saturated heterocycles. The van der Waals surface area contributed by atoms with Gasteiger partial charge in [-0.05, 0) is 24.3 Å². The molecule has 74 valence electrons. The smallest absolute Gasteiger partial charge is 0.257 e. The lowest BCUT2D eigenvalue weighted by Gasteiger charge is -1.94. The number of thiazole rings is 1. The van der Waals surface area contributed by atoms with Gasteiger partial charge in [-0.2, -0.15) is 0 Å². The van der Waals surface area contributed by atoms with Crippen molar-refractivity contribution in [2.75, 3.05) is 0 Å². The Bertz CT molecular complexity index is 496. The summed E-state index contributed by atoms with van der Waals surface area (Å²) in [5.74, 6) is -0.253. The SMILES string of the molecule is [C-]#[N+]Cc1csc(-c2ccc(F)cc2)n1. The van der Waals surface area contributed by atoms with Gasteiger partial charge in [0.25, 0.3) is 6.54 Å². The largest absolute Gasteiger partial charge is 0.310 e. The Morgan fingerprint density at radius 3 is 2.73 bits per heavy atom. The van der Waals surface area contributed by atoms with Gasteiger partial charge in [0, 0.05) is 10.9 Å². The van der Waals surface area contributed by atoms with Crippen LogP contribution in [0, 0.1) is 12.4 Å². The average Bonchev–Trinajstić information content (AvgIpc) is 2.68. The highest BCUT2D eigenvalue weighted by Gasteiger charge is 2.05. The second-order valence-electron chi connectivity index (χ2n) is 2.97. The molecule has 2 aromatic rings. The molecule has 0 radical (unpaired) electrons. The first-order chi connectivity index (χ1) is 7.29. The lowest BCUT2D eigenvalue weighted by atomic mass is 10.2. The molecule has 0 N–H and O–H groups in total. The first kappa shape index (κ1) is 9.81. The first-order valence-corrected chi connectivity index (χ1v) is 5.21. The van der Waals surface area contributed by atoms with Crippen LogP contribution in [0.4, 0.5) is 4.39 Å². The Hall–Kier alpha value is -1.73. The van der Waals surface area contributed by atoms with Crippen molar-refractivity contribution in [2.24, 2.45) is 0 Å². The van der Waals surface area contributed by atoms with Crippen LogP contribution in [-0.2, 0) is 6.54 Å². The molecule has 4 heteroatoms. The quantitative estimate of drug-likeness (QED) is 0.706. The van der Waals surface area contributed by atoms with E-state index in [0.29, 0.717) is 6.54 Å². The summed E-state index contributed by atoms with van der Waals surface area (Å²) in [6.07, 6.45) is 0. The van der Waals surface area contributed by atoms with Gasteiger partial charge in [-0.15, -0.1) is 11.3 Å². The number of aromatic nitrogens is 1. The second-order valence-corrected chi connectivity index (χ2v) is 3.83. The van der Waals surface area contributed by atoms with E-state index in [-0.39, 0.29) is 5.82 Å². The first-order valence-electron chi connectivity index (χ1n) is 4.33. The minimum Gasteiger partial charge on any atom is -0.310 e. The van der Waals surface area contributed by atoms with Gasteiger partial charge in [-0.1, -0.05) is 0 Å². The summed E-state index contributed by atoms with van der Waals surface area (Å²) < 4.78 is 12.7. The van der Waals surface area contributed by atoms with E-state index in [9.17, 15) is 4.39 Å². The fourth-order valence-electron chi connectivity index (χ4n) is 1.19. The maximum Gasteiger partial charge on any atom is 0.257 e. The van der Waals surface area contributed by atoms with Gasteiger partial charge >= 0.3 is 0 Å². The molecule has 0 fully saturated rings. The van der Waals surface area contributed by atoms with Crippen molar-refractivity contribution in [3.8, 4) is 10.6 Å². The lowest BCUT2D eigenvalue weighted by molar-refractivity contribution is 0.628. The minimum absolute atomic E-state index is 0.253. The molecule has 0 aliphatic rings. The molecule has 2 rings (SSSR count). The monoisotopic (exact) mass is 218 g/mol. The molecular weight excluding hydrogens is 211 g/mol. The molecule has 0 amide bonds. The summed E-state index contributed by atoms with van der Waals surface area (Å²) in [6.45, 7) is 7.03. The van der Waals surface area contributed by atoms with E-state index < -0.39 is 0 Å². The minimum atomic E-state index is -0.253. The summed E-state index contributed by atoms with van der Waals surface area (Å²) in [5.41, 5.74) is 1.66. The number of hydrogen-bond acceptors (Lipinski definition) is 2. The van der Waals surface area contributed by atoms with Crippen LogP contribution in [0.3, 0.4) is 0 Å². The molecular formula is C11H7FN2S. The summed E-state index contributed by atoms with van der Waals surface area (Å²) in [4.78, 5) is 7.54. The third kappa shape index (κ3) is 2.20. The van der Waals surface area contributed by atoms with Gasteiger partial charge in [0.15, 0.2) is 0 Å². The Balaban J connectivity index is 2.30. The van der Waals surface area contributed by atoms with Gasteiger partial charge in [-0.25, -0.2) is 15.9 Å². The van der Waals surface area contributed by atoms with Crippen LogP contribution in [-0.4, -0.2) is 4.98 Å². The number of rotatable bonds is 2. The third-order valence-electron chi connectivity index (χ3n) is 1.88. The van der Waals surface area contributed by atoms with Crippen LogP contribution in [0.1, 0.15) is 5.69 Å². The topological polar surface area (TPSA) is 17.2 Å². The standard InChI is InChI=1S/C11H7FN2S/c1-13-6-10-7-15-11(14-10)8-2-4-9(12)5-3-8/h2-5,7H,6H2. The van der Waals surface area contributed by atoms with Crippen molar-refractivity contribution < 1.29 is 4.39 Å². The van der Waals surface area contributed by atoms with Crippen molar-refractivity contribution in [3.05, 3.63) is 52.6 Å². The van der Waals surface area contributed by atoms with Gasteiger partial charge in [0.1, 0.15) is 16.5 Å². The Morgan fingerprint density at radius 2 is 2.07 bits per heavy atom. The normalized spacial score (nSPS) is 9.87. The van der Waals surface area contributed by atoms with E-state index in [1.54, 1.807) is 12.1 Å². The predicted octanol–water partition coefficient (Wildman–Crippen LogP) is 3.37. The summed E-state index contributed by atoms with van der Waals surface area (Å²) in [5, 5.41) is 2.69. The number of hydrogen-bond donors (Lipinski definition) is 0. The van der Waals surface area contributed by atoms with Crippen molar-refractivity contribution in [2.45, 2.75) is 6.54 Å². The van der Waals surface area contributed by atoms with Crippen molar-refractivity contribution in [1.82, 2.24) is 4.98 Å². The van der Waals surface area contributed by atoms with Crippen LogP contribution in [0.15, 0.2) is 29.6 Å². The van der Waals surface area contributed by atoms with Gasteiger partial charge in [-0.3, -0.25) is 0 Å². The molecule has 15 heavy (non-hydrogen) atoms. The average molecular weight is 218 g/mol. The van der Waals surface area contributed by atoms with Gasteiger partial charge in [0.05, 0.1) is 0 Å². The molecule has 1 aromatic heterocycles.